The number of anilines is 1. The Morgan fingerprint density at radius 2 is 2.05 bits per heavy atom. The van der Waals surface area contributed by atoms with E-state index in [0.717, 1.165) is 12.8 Å². The highest BCUT2D eigenvalue weighted by atomic mass is 32.2. The first-order valence-corrected chi connectivity index (χ1v) is 9.46. The molecule has 0 bridgehead atoms. The van der Waals surface area contributed by atoms with Crippen LogP contribution in [0.15, 0.2) is 16.6 Å². The predicted octanol–water partition coefficient (Wildman–Crippen LogP) is 2.64. The zero-order valence-corrected chi connectivity index (χ0v) is 14.5. The van der Waals surface area contributed by atoms with Gasteiger partial charge in [0.1, 0.15) is 0 Å². The minimum atomic E-state index is -3.59. The maximum Gasteiger partial charge on any atom is 0.262 e. The number of hydrogen-bond donors (Lipinski definition) is 1. The van der Waals surface area contributed by atoms with E-state index in [2.05, 4.69) is 10.3 Å². The molecule has 0 unspecified atom stereocenters. The second-order valence-corrected chi connectivity index (χ2v) is 7.63. The first kappa shape index (κ1) is 16.3. The zero-order chi connectivity index (χ0) is 15.6. The molecule has 1 N–H and O–H groups in total. The molecule has 0 radical (unpaired) electrons. The smallest absolute Gasteiger partial charge is 0.262 e. The van der Waals surface area contributed by atoms with Crippen LogP contribution in [0.2, 0.25) is 0 Å². The molecule has 0 amide bonds. The van der Waals surface area contributed by atoms with E-state index in [-0.39, 0.29) is 11.1 Å². The molecule has 6 nitrogen and oxygen atoms in total. The van der Waals surface area contributed by atoms with Gasteiger partial charge in [-0.3, -0.25) is 4.40 Å². The van der Waals surface area contributed by atoms with E-state index < -0.39 is 10.0 Å². The number of aromatic nitrogens is 2. The number of fused-ring (bicyclic) bond motifs is 1. The fourth-order valence-corrected chi connectivity index (χ4v) is 4.92. The van der Waals surface area contributed by atoms with Crippen LogP contribution in [0, 0.1) is 0 Å². The van der Waals surface area contributed by atoms with Gasteiger partial charge in [0.2, 0.25) is 0 Å². The van der Waals surface area contributed by atoms with Crippen LogP contribution >= 0.6 is 11.3 Å². The SMILES string of the molecule is CCNc1nc2sccn2c1S(=O)(=O)N(C)C(CC)CC. The van der Waals surface area contributed by atoms with Crippen molar-refractivity contribution >= 4 is 32.1 Å². The number of nitrogens with zero attached hydrogens (tertiary/aromatic N) is 3. The molecule has 0 aliphatic rings. The average Bonchev–Trinajstić information content (AvgIpc) is 3.00. The normalized spacial score (nSPS) is 12.7. The predicted molar refractivity (Wildman–Crippen MR) is 86.6 cm³/mol. The quantitative estimate of drug-likeness (QED) is 0.847. The van der Waals surface area contributed by atoms with E-state index in [4.69, 9.17) is 0 Å². The lowest BCUT2D eigenvalue weighted by atomic mass is 10.2. The average molecular weight is 330 g/mol. The fraction of sp³-hybridized carbons (Fsp3) is 0.615. The van der Waals surface area contributed by atoms with Crippen LogP contribution in [-0.2, 0) is 10.0 Å². The standard InChI is InChI=1S/C13H22N4O2S2/c1-5-10(6-2)16(4)21(18,19)12-11(14-7-3)15-13-17(12)8-9-20-13/h8-10,14H,5-7H2,1-4H3. The van der Waals surface area contributed by atoms with E-state index in [9.17, 15) is 8.42 Å². The number of sulfonamides is 1. The third-order valence-electron chi connectivity index (χ3n) is 3.64. The van der Waals surface area contributed by atoms with Crippen molar-refractivity contribution in [3.05, 3.63) is 11.6 Å². The number of imidazole rings is 1. The third kappa shape index (κ3) is 2.79. The summed E-state index contributed by atoms with van der Waals surface area (Å²) in [5, 5.41) is 5.13. The summed E-state index contributed by atoms with van der Waals surface area (Å²) in [4.78, 5) is 5.07. The van der Waals surface area contributed by atoms with Crippen LogP contribution < -0.4 is 5.32 Å². The van der Waals surface area contributed by atoms with Crippen LogP contribution in [0.25, 0.3) is 4.96 Å². The molecule has 2 rings (SSSR count). The number of nitrogens with one attached hydrogen (secondary N) is 1. The summed E-state index contributed by atoms with van der Waals surface area (Å²) < 4.78 is 29.1. The van der Waals surface area contributed by atoms with Gasteiger partial charge in [0.25, 0.3) is 10.0 Å². The second kappa shape index (κ2) is 6.33. The van der Waals surface area contributed by atoms with E-state index in [1.165, 1.54) is 15.6 Å². The molecule has 0 fully saturated rings. The zero-order valence-electron chi connectivity index (χ0n) is 12.8. The minimum absolute atomic E-state index is 0.00587. The Labute approximate surface area is 129 Å². The largest absolute Gasteiger partial charge is 0.368 e. The van der Waals surface area contributed by atoms with E-state index in [1.54, 1.807) is 17.6 Å². The Hall–Kier alpha value is -1.12. The van der Waals surface area contributed by atoms with Gasteiger partial charge in [-0.15, -0.1) is 11.3 Å². The molecule has 8 heteroatoms. The maximum atomic E-state index is 13.0. The van der Waals surface area contributed by atoms with Crippen LogP contribution in [0.4, 0.5) is 5.82 Å². The monoisotopic (exact) mass is 330 g/mol. The minimum Gasteiger partial charge on any atom is -0.368 e. The molecular weight excluding hydrogens is 308 g/mol. The molecule has 2 heterocycles. The van der Waals surface area contributed by atoms with Gasteiger partial charge in [0.15, 0.2) is 15.8 Å². The molecule has 0 atom stereocenters. The molecule has 2 aromatic rings. The van der Waals surface area contributed by atoms with Crippen molar-refractivity contribution < 1.29 is 8.42 Å². The van der Waals surface area contributed by atoms with E-state index in [1.807, 2.05) is 26.2 Å². The molecule has 21 heavy (non-hydrogen) atoms. The van der Waals surface area contributed by atoms with E-state index >= 15 is 0 Å². The molecule has 0 spiro atoms. The fourth-order valence-electron chi connectivity index (χ4n) is 2.43. The number of thiazole rings is 1. The Bertz CT molecular complexity index is 701. The van der Waals surface area contributed by atoms with Gasteiger partial charge in [0.05, 0.1) is 0 Å². The molecule has 0 saturated heterocycles. The lowest BCUT2D eigenvalue weighted by Gasteiger charge is -2.25. The van der Waals surface area contributed by atoms with Crippen LogP contribution in [-0.4, -0.2) is 41.7 Å². The summed E-state index contributed by atoms with van der Waals surface area (Å²) in [7, 11) is -1.94. The second-order valence-electron chi connectivity index (χ2n) is 4.84. The number of hydrogen-bond acceptors (Lipinski definition) is 5. The first-order chi connectivity index (χ1) is 9.97. The highest BCUT2D eigenvalue weighted by Crippen LogP contribution is 2.29. The van der Waals surface area contributed by atoms with Crippen molar-refractivity contribution in [1.82, 2.24) is 13.7 Å². The Balaban J connectivity index is 2.57. The Kier molecular flexibility index (Phi) is 4.90. The Morgan fingerprint density at radius 1 is 1.38 bits per heavy atom. The number of rotatable bonds is 7. The van der Waals surface area contributed by atoms with Crippen LogP contribution in [0.5, 0.6) is 0 Å². The van der Waals surface area contributed by atoms with E-state index in [0.29, 0.717) is 17.3 Å². The van der Waals surface area contributed by atoms with Crippen LogP contribution in [0.1, 0.15) is 33.6 Å². The van der Waals surface area contributed by atoms with Gasteiger partial charge in [-0.2, -0.15) is 4.31 Å². The van der Waals surface area contributed by atoms with Crippen molar-refractivity contribution in [2.45, 2.75) is 44.7 Å². The summed E-state index contributed by atoms with van der Waals surface area (Å²) in [5.41, 5.74) is 0. The Morgan fingerprint density at radius 3 is 2.62 bits per heavy atom. The summed E-state index contributed by atoms with van der Waals surface area (Å²) in [6.45, 7) is 6.56. The van der Waals surface area contributed by atoms with Crippen molar-refractivity contribution in [3.8, 4) is 0 Å². The van der Waals surface area contributed by atoms with Crippen molar-refractivity contribution in [1.29, 1.82) is 0 Å². The highest BCUT2D eigenvalue weighted by molar-refractivity contribution is 7.89. The van der Waals surface area contributed by atoms with Gasteiger partial charge >= 0.3 is 0 Å². The van der Waals surface area contributed by atoms with Gasteiger partial charge in [-0.1, -0.05) is 13.8 Å². The lowest BCUT2D eigenvalue weighted by Crippen LogP contribution is -2.37. The topological polar surface area (TPSA) is 66.7 Å². The van der Waals surface area contributed by atoms with Gasteiger partial charge in [0, 0.05) is 31.2 Å². The molecule has 0 aliphatic heterocycles. The first-order valence-electron chi connectivity index (χ1n) is 7.14. The summed E-state index contributed by atoms with van der Waals surface area (Å²) in [6, 6.07) is -0.00587. The summed E-state index contributed by atoms with van der Waals surface area (Å²) in [6.07, 6.45) is 3.32. The molecular formula is C13H22N4O2S2. The molecule has 0 aliphatic carbocycles. The van der Waals surface area contributed by atoms with Gasteiger partial charge < -0.3 is 5.32 Å². The van der Waals surface area contributed by atoms with Gasteiger partial charge in [-0.25, -0.2) is 13.4 Å². The van der Waals surface area contributed by atoms with Crippen molar-refractivity contribution in [2.75, 3.05) is 18.9 Å². The van der Waals surface area contributed by atoms with Crippen LogP contribution in [0.3, 0.4) is 0 Å². The van der Waals surface area contributed by atoms with Crippen molar-refractivity contribution in [2.24, 2.45) is 0 Å². The summed E-state index contributed by atoms with van der Waals surface area (Å²) in [5.74, 6) is 0.433. The van der Waals surface area contributed by atoms with Gasteiger partial charge in [-0.05, 0) is 19.8 Å². The molecule has 0 aromatic carbocycles. The highest BCUT2D eigenvalue weighted by Gasteiger charge is 2.32. The molecule has 2 aromatic heterocycles. The molecule has 118 valence electrons. The lowest BCUT2D eigenvalue weighted by molar-refractivity contribution is 0.348. The third-order valence-corrected chi connectivity index (χ3v) is 6.33. The summed E-state index contributed by atoms with van der Waals surface area (Å²) >= 11 is 1.42. The maximum absolute atomic E-state index is 13.0. The van der Waals surface area contributed by atoms with Crippen molar-refractivity contribution in [3.63, 3.8) is 0 Å². The molecule has 0 saturated carbocycles.